The van der Waals surface area contributed by atoms with Crippen molar-refractivity contribution in [1.82, 2.24) is 34.5 Å². The number of aromatic nitrogens is 7. The number of anilines is 2. The van der Waals surface area contributed by atoms with Gasteiger partial charge in [0, 0.05) is 24.7 Å². The molecule has 3 aromatic heterocycles. The average Bonchev–Trinajstić information content (AvgIpc) is 3.56. The quantitative estimate of drug-likeness (QED) is 0.347. The predicted octanol–water partition coefficient (Wildman–Crippen LogP) is 4.71. The number of fused-ring (bicyclic) bond motifs is 1. The van der Waals surface area contributed by atoms with Gasteiger partial charge in [-0.05, 0) is 49.1 Å². The second kappa shape index (κ2) is 9.94. The Morgan fingerprint density at radius 2 is 1.72 bits per heavy atom. The Balaban J connectivity index is 1.32. The Morgan fingerprint density at radius 3 is 2.53 bits per heavy atom. The Kier molecular flexibility index (Phi) is 6.21. The molecule has 0 saturated carbocycles. The second-order valence-electron chi connectivity index (χ2n) is 8.93. The summed E-state index contributed by atoms with van der Waals surface area (Å²) in [6.45, 7) is 3.09. The topological polar surface area (TPSA) is 89.6 Å². The molecule has 0 radical (unpaired) electrons. The van der Waals surface area contributed by atoms with Crippen LogP contribution in [0.3, 0.4) is 0 Å². The van der Waals surface area contributed by atoms with Crippen molar-refractivity contribution < 1.29 is 0 Å². The molecule has 1 saturated heterocycles. The van der Waals surface area contributed by atoms with Gasteiger partial charge < -0.3 is 14.8 Å². The second-order valence-corrected chi connectivity index (χ2v) is 9.37. The van der Waals surface area contributed by atoms with Crippen LogP contribution in [-0.2, 0) is 13.1 Å². The van der Waals surface area contributed by atoms with Crippen LogP contribution in [0.15, 0.2) is 67.1 Å². The Labute approximate surface area is 213 Å². The zero-order chi connectivity index (χ0) is 24.3. The first-order valence-electron chi connectivity index (χ1n) is 12.2. The molecule has 182 valence electrons. The van der Waals surface area contributed by atoms with E-state index in [1.165, 1.54) is 12.0 Å². The number of hydrogen-bond acceptors (Lipinski definition) is 7. The molecule has 6 rings (SSSR count). The van der Waals surface area contributed by atoms with Crippen molar-refractivity contribution in [1.29, 1.82) is 0 Å². The lowest BCUT2D eigenvalue weighted by Crippen LogP contribution is -2.31. The summed E-state index contributed by atoms with van der Waals surface area (Å²) in [6, 6.07) is 17.8. The fraction of sp³-hybridized carbons (Fsp3) is 0.269. The maximum atomic E-state index is 6.02. The number of piperidine rings is 1. The number of rotatable bonds is 7. The number of halogens is 1. The number of imidazole rings is 1. The molecular formula is C26H26ClN9. The van der Waals surface area contributed by atoms with Gasteiger partial charge in [0.1, 0.15) is 5.69 Å². The van der Waals surface area contributed by atoms with Gasteiger partial charge in [-0.15, -0.1) is 5.10 Å². The largest absolute Gasteiger partial charge is 0.364 e. The summed E-state index contributed by atoms with van der Waals surface area (Å²) in [5, 5.41) is 12.8. The number of nitrogens with one attached hydrogen (secondary N) is 1. The minimum absolute atomic E-state index is 0.499. The molecule has 9 nitrogen and oxygen atoms in total. The Morgan fingerprint density at radius 1 is 0.917 bits per heavy atom. The van der Waals surface area contributed by atoms with E-state index in [4.69, 9.17) is 21.6 Å². The lowest BCUT2D eigenvalue weighted by Gasteiger charge is -2.27. The molecule has 0 unspecified atom stereocenters. The first-order valence-corrected chi connectivity index (χ1v) is 12.5. The summed E-state index contributed by atoms with van der Waals surface area (Å²) >= 11 is 6.02. The third-order valence-corrected chi connectivity index (χ3v) is 6.61. The predicted molar refractivity (Wildman–Crippen MR) is 141 cm³/mol. The van der Waals surface area contributed by atoms with Gasteiger partial charge in [0.2, 0.25) is 5.95 Å². The monoisotopic (exact) mass is 499 g/mol. The molecule has 0 bridgehead atoms. The summed E-state index contributed by atoms with van der Waals surface area (Å²) in [4.78, 5) is 16.8. The standard InChI is InChI=1S/C26H26ClN9/c27-20-9-11-22(12-10-20)36-17-21(32-33-36)16-35-18-29-23-24(28-15-19-7-3-1-4-8-19)30-26(31-25(23)35)34-13-5-2-6-14-34/h1,3-4,7-12,17-18H,2,5-6,13-16H2,(H,28,30,31). The van der Waals surface area contributed by atoms with Gasteiger partial charge in [0.05, 0.1) is 24.8 Å². The number of hydrogen-bond donors (Lipinski definition) is 1. The van der Waals surface area contributed by atoms with Crippen LogP contribution in [0.25, 0.3) is 16.9 Å². The van der Waals surface area contributed by atoms with Crippen molar-refractivity contribution in [2.24, 2.45) is 0 Å². The zero-order valence-corrected chi connectivity index (χ0v) is 20.5. The van der Waals surface area contributed by atoms with Crippen molar-refractivity contribution in [2.45, 2.75) is 32.4 Å². The molecular weight excluding hydrogens is 474 g/mol. The molecule has 1 aliphatic rings. The molecule has 2 aromatic carbocycles. The van der Waals surface area contributed by atoms with Crippen LogP contribution in [0.2, 0.25) is 5.02 Å². The molecule has 36 heavy (non-hydrogen) atoms. The van der Waals surface area contributed by atoms with Crippen LogP contribution >= 0.6 is 11.6 Å². The summed E-state index contributed by atoms with van der Waals surface area (Å²) in [6.07, 6.45) is 7.27. The van der Waals surface area contributed by atoms with Crippen molar-refractivity contribution in [2.75, 3.05) is 23.3 Å². The maximum absolute atomic E-state index is 6.02. The van der Waals surface area contributed by atoms with Gasteiger partial charge in [0.15, 0.2) is 17.0 Å². The third-order valence-electron chi connectivity index (χ3n) is 6.36. The van der Waals surface area contributed by atoms with Gasteiger partial charge in [-0.2, -0.15) is 9.97 Å². The van der Waals surface area contributed by atoms with Crippen LogP contribution < -0.4 is 10.2 Å². The molecule has 0 atom stereocenters. The normalized spacial score (nSPS) is 13.9. The van der Waals surface area contributed by atoms with Gasteiger partial charge in [-0.25, -0.2) is 9.67 Å². The summed E-state index contributed by atoms with van der Waals surface area (Å²) in [5.74, 6) is 1.48. The van der Waals surface area contributed by atoms with E-state index in [1.54, 1.807) is 11.0 Å². The first-order chi connectivity index (χ1) is 17.7. The minimum Gasteiger partial charge on any atom is -0.364 e. The lowest BCUT2D eigenvalue weighted by molar-refractivity contribution is 0.568. The fourth-order valence-corrected chi connectivity index (χ4v) is 4.58. The molecule has 0 amide bonds. The van der Waals surface area contributed by atoms with Crippen LogP contribution in [0.5, 0.6) is 0 Å². The highest BCUT2D eigenvalue weighted by Crippen LogP contribution is 2.25. The van der Waals surface area contributed by atoms with Crippen molar-refractivity contribution >= 4 is 34.5 Å². The van der Waals surface area contributed by atoms with Crippen LogP contribution in [0.4, 0.5) is 11.8 Å². The SMILES string of the molecule is Clc1ccc(-n2cc(Cn3cnc4c(NCc5ccccc5)nc(N5CCCCC5)nc43)nn2)cc1. The molecule has 1 aliphatic heterocycles. The average molecular weight is 500 g/mol. The van der Waals surface area contributed by atoms with E-state index >= 15 is 0 Å². The first kappa shape index (κ1) is 22.5. The fourth-order valence-electron chi connectivity index (χ4n) is 4.45. The van der Waals surface area contributed by atoms with Gasteiger partial charge in [-0.1, -0.05) is 47.1 Å². The van der Waals surface area contributed by atoms with E-state index in [-0.39, 0.29) is 0 Å². The summed E-state index contributed by atoms with van der Waals surface area (Å²) in [5.41, 5.74) is 4.41. The van der Waals surface area contributed by atoms with E-state index in [9.17, 15) is 0 Å². The van der Waals surface area contributed by atoms with Crippen molar-refractivity contribution in [3.8, 4) is 5.69 Å². The highest BCUT2D eigenvalue weighted by molar-refractivity contribution is 6.30. The molecule has 1 N–H and O–H groups in total. The zero-order valence-electron chi connectivity index (χ0n) is 19.8. The lowest BCUT2D eigenvalue weighted by atomic mass is 10.1. The van der Waals surface area contributed by atoms with Crippen molar-refractivity contribution in [3.63, 3.8) is 0 Å². The van der Waals surface area contributed by atoms with Gasteiger partial charge in [0.25, 0.3) is 0 Å². The van der Waals surface area contributed by atoms with Crippen LogP contribution in [-0.4, -0.2) is 47.6 Å². The third kappa shape index (κ3) is 4.74. The Hall–Kier alpha value is -3.98. The van der Waals surface area contributed by atoms with Crippen LogP contribution in [0, 0.1) is 0 Å². The minimum atomic E-state index is 0.499. The molecule has 5 aromatic rings. The van der Waals surface area contributed by atoms with E-state index < -0.39 is 0 Å². The maximum Gasteiger partial charge on any atom is 0.229 e. The van der Waals surface area contributed by atoms with Gasteiger partial charge in [-0.3, -0.25) is 0 Å². The van der Waals surface area contributed by atoms with E-state index in [2.05, 4.69) is 37.6 Å². The summed E-state index contributed by atoms with van der Waals surface area (Å²) in [7, 11) is 0. The number of benzene rings is 2. The molecule has 1 fully saturated rings. The Bertz CT molecular complexity index is 1450. The van der Waals surface area contributed by atoms with E-state index in [1.807, 2.05) is 53.2 Å². The van der Waals surface area contributed by atoms with Crippen LogP contribution in [0.1, 0.15) is 30.5 Å². The molecule has 0 spiro atoms. The number of nitrogens with zero attached hydrogens (tertiary/aromatic N) is 8. The highest BCUT2D eigenvalue weighted by Gasteiger charge is 2.19. The van der Waals surface area contributed by atoms with E-state index in [0.717, 1.165) is 60.2 Å². The summed E-state index contributed by atoms with van der Waals surface area (Å²) < 4.78 is 3.75. The highest BCUT2D eigenvalue weighted by atomic mass is 35.5. The van der Waals surface area contributed by atoms with Gasteiger partial charge >= 0.3 is 0 Å². The smallest absolute Gasteiger partial charge is 0.229 e. The molecule has 10 heteroatoms. The molecule has 0 aliphatic carbocycles. The van der Waals surface area contributed by atoms with Crippen molar-refractivity contribution in [3.05, 3.63) is 83.4 Å². The molecule has 4 heterocycles. The van der Waals surface area contributed by atoms with E-state index in [0.29, 0.717) is 18.1 Å².